The van der Waals surface area contributed by atoms with E-state index in [1.807, 2.05) is 18.2 Å². The maximum atomic E-state index is 6.17. The number of ether oxygens (including phenoxy) is 2. The van der Waals surface area contributed by atoms with Gasteiger partial charge in [-0.15, -0.1) is 12.4 Å². The summed E-state index contributed by atoms with van der Waals surface area (Å²) in [5.41, 5.74) is 7.25. The number of unbranched alkanes of at least 4 members (excludes halogenated alkanes) is 2. The highest BCUT2D eigenvalue weighted by atomic mass is 35.5. The average molecular weight is 274 g/mol. The largest absolute Gasteiger partial charge is 0.497 e. The molecule has 18 heavy (non-hydrogen) atoms. The summed E-state index contributed by atoms with van der Waals surface area (Å²) in [5, 5.41) is 0. The third kappa shape index (κ3) is 5.15. The van der Waals surface area contributed by atoms with Crippen molar-refractivity contribution in [2.75, 3.05) is 14.2 Å². The van der Waals surface area contributed by atoms with Gasteiger partial charge in [-0.3, -0.25) is 0 Å². The highest BCUT2D eigenvalue weighted by Crippen LogP contribution is 2.27. The normalized spacial score (nSPS) is 11.6. The monoisotopic (exact) mass is 273 g/mol. The van der Waals surface area contributed by atoms with Crippen LogP contribution in [-0.2, 0) is 0 Å². The van der Waals surface area contributed by atoms with E-state index in [0.29, 0.717) is 0 Å². The van der Waals surface area contributed by atoms with Gasteiger partial charge >= 0.3 is 0 Å². The van der Waals surface area contributed by atoms with Gasteiger partial charge in [0, 0.05) is 12.1 Å². The van der Waals surface area contributed by atoms with Gasteiger partial charge in [0.2, 0.25) is 0 Å². The van der Waals surface area contributed by atoms with E-state index in [1.165, 1.54) is 12.8 Å². The van der Waals surface area contributed by atoms with Crippen molar-refractivity contribution in [3.8, 4) is 11.5 Å². The fourth-order valence-electron chi connectivity index (χ4n) is 1.82. The molecule has 0 spiro atoms. The van der Waals surface area contributed by atoms with E-state index in [1.54, 1.807) is 14.2 Å². The van der Waals surface area contributed by atoms with Crippen LogP contribution in [0.15, 0.2) is 18.2 Å². The molecule has 0 aliphatic rings. The van der Waals surface area contributed by atoms with Crippen molar-refractivity contribution in [3.05, 3.63) is 23.8 Å². The van der Waals surface area contributed by atoms with E-state index >= 15 is 0 Å². The molecule has 3 nitrogen and oxygen atoms in total. The van der Waals surface area contributed by atoms with Crippen LogP contribution in [0.4, 0.5) is 0 Å². The van der Waals surface area contributed by atoms with E-state index in [-0.39, 0.29) is 18.4 Å². The first-order chi connectivity index (χ1) is 8.21. The van der Waals surface area contributed by atoms with Crippen LogP contribution in [-0.4, -0.2) is 14.2 Å². The summed E-state index contributed by atoms with van der Waals surface area (Å²) in [5.74, 6) is 1.59. The predicted octanol–water partition coefficient (Wildman–Crippen LogP) is 3.71. The van der Waals surface area contributed by atoms with Crippen LogP contribution >= 0.6 is 12.4 Å². The minimum Gasteiger partial charge on any atom is -0.497 e. The lowest BCUT2D eigenvalue weighted by molar-refractivity contribution is 0.392. The minimum atomic E-state index is 0. The molecule has 0 aliphatic heterocycles. The van der Waals surface area contributed by atoms with Crippen molar-refractivity contribution in [2.45, 2.75) is 38.6 Å². The molecular formula is C14H24ClNO2. The Kier molecular flexibility index (Phi) is 8.59. The number of halogens is 1. The molecule has 1 atom stereocenters. The highest BCUT2D eigenvalue weighted by molar-refractivity contribution is 5.85. The van der Waals surface area contributed by atoms with Crippen LogP contribution in [0.1, 0.15) is 44.2 Å². The minimum absolute atomic E-state index is 0. The molecule has 104 valence electrons. The molecule has 0 saturated heterocycles. The van der Waals surface area contributed by atoms with Crippen LogP contribution in [0.5, 0.6) is 11.5 Å². The standard InChI is InChI=1S/C14H23NO2.ClH/c1-4-5-6-7-14(15)11-8-12(16-2)10-13(9-11)17-3;/h8-10,14H,4-7,15H2,1-3H3;1H/t14-;/m1./s1. The lowest BCUT2D eigenvalue weighted by Gasteiger charge is -2.14. The maximum absolute atomic E-state index is 6.17. The van der Waals surface area contributed by atoms with Crippen LogP contribution < -0.4 is 15.2 Å². The van der Waals surface area contributed by atoms with E-state index in [4.69, 9.17) is 15.2 Å². The molecule has 0 amide bonds. The zero-order chi connectivity index (χ0) is 12.7. The first-order valence-electron chi connectivity index (χ1n) is 6.19. The third-order valence-electron chi connectivity index (χ3n) is 2.92. The molecule has 0 fully saturated rings. The molecule has 0 aromatic heterocycles. The van der Waals surface area contributed by atoms with Crippen LogP contribution in [0.2, 0.25) is 0 Å². The molecular weight excluding hydrogens is 250 g/mol. The first-order valence-corrected chi connectivity index (χ1v) is 6.19. The summed E-state index contributed by atoms with van der Waals surface area (Å²) in [6.45, 7) is 2.19. The maximum Gasteiger partial charge on any atom is 0.122 e. The number of nitrogens with two attached hydrogens (primary N) is 1. The molecule has 0 bridgehead atoms. The number of methoxy groups -OCH3 is 2. The van der Waals surface area contributed by atoms with Gasteiger partial charge in [0.15, 0.2) is 0 Å². The SMILES string of the molecule is CCCCC[C@@H](N)c1cc(OC)cc(OC)c1.Cl. The summed E-state index contributed by atoms with van der Waals surface area (Å²) in [6.07, 6.45) is 4.62. The van der Waals surface area contributed by atoms with E-state index in [9.17, 15) is 0 Å². The number of hydrogen-bond donors (Lipinski definition) is 1. The summed E-state index contributed by atoms with van der Waals surface area (Å²) < 4.78 is 10.5. The average Bonchev–Trinajstić information content (AvgIpc) is 2.38. The molecule has 1 aromatic rings. The van der Waals surface area contributed by atoms with Gasteiger partial charge in [-0.1, -0.05) is 26.2 Å². The Balaban J connectivity index is 0.00000289. The molecule has 0 saturated carbocycles. The molecule has 0 aliphatic carbocycles. The van der Waals surface area contributed by atoms with Crippen molar-refractivity contribution in [1.82, 2.24) is 0 Å². The predicted molar refractivity (Wildman–Crippen MR) is 77.9 cm³/mol. The summed E-state index contributed by atoms with van der Waals surface area (Å²) >= 11 is 0. The van der Waals surface area contributed by atoms with Gasteiger partial charge in [-0.25, -0.2) is 0 Å². The van der Waals surface area contributed by atoms with Crippen molar-refractivity contribution in [2.24, 2.45) is 5.73 Å². The zero-order valence-corrected chi connectivity index (χ0v) is 12.3. The van der Waals surface area contributed by atoms with Crippen LogP contribution in [0.3, 0.4) is 0 Å². The van der Waals surface area contributed by atoms with Gasteiger partial charge in [-0.2, -0.15) is 0 Å². The second-order valence-corrected chi connectivity index (χ2v) is 4.25. The number of hydrogen-bond acceptors (Lipinski definition) is 3. The molecule has 1 aromatic carbocycles. The second-order valence-electron chi connectivity index (χ2n) is 4.25. The lowest BCUT2D eigenvalue weighted by atomic mass is 10.0. The van der Waals surface area contributed by atoms with Crippen LogP contribution in [0, 0.1) is 0 Å². The van der Waals surface area contributed by atoms with Crippen molar-refractivity contribution in [1.29, 1.82) is 0 Å². The Morgan fingerprint density at radius 1 is 1.06 bits per heavy atom. The van der Waals surface area contributed by atoms with E-state index in [2.05, 4.69) is 6.92 Å². The fourth-order valence-corrected chi connectivity index (χ4v) is 1.82. The zero-order valence-electron chi connectivity index (χ0n) is 11.4. The van der Waals surface area contributed by atoms with Crippen LogP contribution in [0.25, 0.3) is 0 Å². The van der Waals surface area contributed by atoms with Gasteiger partial charge in [0.05, 0.1) is 14.2 Å². The lowest BCUT2D eigenvalue weighted by Crippen LogP contribution is -2.10. The molecule has 0 heterocycles. The quantitative estimate of drug-likeness (QED) is 0.771. The van der Waals surface area contributed by atoms with Gasteiger partial charge in [0.25, 0.3) is 0 Å². The van der Waals surface area contributed by atoms with Gasteiger partial charge in [0.1, 0.15) is 11.5 Å². The Labute approximate surface area is 116 Å². The highest BCUT2D eigenvalue weighted by Gasteiger charge is 2.09. The number of rotatable bonds is 7. The van der Waals surface area contributed by atoms with Gasteiger partial charge in [-0.05, 0) is 24.1 Å². The van der Waals surface area contributed by atoms with Crippen molar-refractivity contribution < 1.29 is 9.47 Å². The molecule has 4 heteroatoms. The van der Waals surface area contributed by atoms with E-state index < -0.39 is 0 Å². The fraction of sp³-hybridized carbons (Fsp3) is 0.571. The topological polar surface area (TPSA) is 44.5 Å². The Morgan fingerprint density at radius 3 is 2.06 bits per heavy atom. The van der Waals surface area contributed by atoms with E-state index in [0.717, 1.165) is 29.9 Å². The smallest absolute Gasteiger partial charge is 0.122 e. The summed E-state index contributed by atoms with van der Waals surface area (Å²) in [7, 11) is 3.31. The summed E-state index contributed by atoms with van der Waals surface area (Å²) in [4.78, 5) is 0. The summed E-state index contributed by atoms with van der Waals surface area (Å²) in [6, 6.07) is 5.89. The Bertz CT molecular complexity index is 322. The Morgan fingerprint density at radius 2 is 1.61 bits per heavy atom. The molecule has 0 unspecified atom stereocenters. The molecule has 2 N–H and O–H groups in total. The van der Waals surface area contributed by atoms with Crippen molar-refractivity contribution >= 4 is 12.4 Å². The number of benzene rings is 1. The second kappa shape index (κ2) is 9.06. The van der Waals surface area contributed by atoms with Crippen molar-refractivity contribution in [3.63, 3.8) is 0 Å². The molecule has 1 rings (SSSR count). The first kappa shape index (κ1) is 17.1. The van der Waals surface area contributed by atoms with Gasteiger partial charge < -0.3 is 15.2 Å². The molecule has 0 radical (unpaired) electrons. The third-order valence-corrected chi connectivity index (χ3v) is 2.92. The Hall–Kier alpha value is -0.930.